The van der Waals surface area contributed by atoms with Crippen molar-refractivity contribution < 1.29 is 31.6 Å². The van der Waals surface area contributed by atoms with E-state index in [1.807, 2.05) is 5.38 Å². The van der Waals surface area contributed by atoms with Crippen LogP contribution >= 0.6 is 11.3 Å². The molecule has 5 rings (SSSR count). The van der Waals surface area contributed by atoms with Crippen LogP contribution in [0.25, 0.3) is 0 Å². The SMILES string of the molecule is NS(=O)(=O)OC[C@H]1C[C@@H](Nc2ncncc2C(=O)c2cc(C3OCCc4ccc(F)cc43)cs2)C[C@@H]1O. The summed E-state index contributed by atoms with van der Waals surface area (Å²) in [6.45, 7) is 0.265. The molecular formula is C24H25FN4O6S2. The van der Waals surface area contributed by atoms with Crippen molar-refractivity contribution in [2.75, 3.05) is 18.5 Å². The fraction of sp³-hybridized carbons (Fsp3) is 0.375. The summed E-state index contributed by atoms with van der Waals surface area (Å²) >= 11 is 1.25. The fourth-order valence-electron chi connectivity index (χ4n) is 4.82. The Balaban J connectivity index is 1.32. The smallest absolute Gasteiger partial charge is 0.333 e. The van der Waals surface area contributed by atoms with Gasteiger partial charge in [-0.15, -0.1) is 11.3 Å². The molecule has 4 N–H and O–H groups in total. The second-order valence-electron chi connectivity index (χ2n) is 9.12. The third-order valence-electron chi connectivity index (χ3n) is 6.59. The van der Waals surface area contributed by atoms with Gasteiger partial charge in [-0.25, -0.2) is 19.5 Å². The van der Waals surface area contributed by atoms with Crippen LogP contribution in [-0.4, -0.2) is 54.6 Å². The van der Waals surface area contributed by atoms with Gasteiger partial charge in [0.15, 0.2) is 0 Å². The first-order chi connectivity index (χ1) is 17.7. The van der Waals surface area contributed by atoms with Gasteiger partial charge in [0.2, 0.25) is 5.78 Å². The highest BCUT2D eigenvalue weighted by Crippen LogP contribution is 2.36. The van der Waals surface area contributed by atoms with Gasteiger partial charge in [-0.3, -0.25) is 8.98 Å². The number of carbonyl (C=O) groups excluding carboxylic acids is 1. The number of nitrogens with two attached hydrogens (primary N) is 1. The van der Waals surface area contributed by atoms with E-state index in [0.29, 0.717) is 36.6 Å². The Bertz CT molecular complexity index is 1420. The van der Waals surface area contributed by atoms with Gasteiger partial charge in [0.1, 0.15) is 24.1 Å². The van der Waals surface area contributed by atoms with Crippen molar-refractivity contribution in [3.05, 3.63) is 75.1 Å². The van der Waals surface area contributed by atoms with E-state index >= 15 is 0 Å². The van der Waals surface area contributed by atoms with Crippen molar-refractivity contribution in [1.29, 1.82) is 0 Å². The monoisotopic (exact) mass is 548 g/mol. The van der Waals surface area contributed by atoms with E-state index in [9.17, 15) is 22.7 Å². The molecule has 4 atom stereocenters. The van der Waals surface area contributed by atoms with Gasteiger partial charge >= 0.3 is 10.3 Å². The van der Waals surface area contributed by atoms with E-state index in [1.165, 1.54) is 36.0 Å². The number of anilines is 1. The van der Waals surface area contributed by atoms with E-state index in [-0.39, 0.29) is 29.8 Å². The number of thiophene rings is 1. The second kappa shape index (κ2) is 10.5. The van der Waals surface area contributed by atoms with Crippen LogP contribution in [0.4, 0.5) is 10.2 Å². The number of fused-ring (bicyclic) bond motifs is 1. The first-order valence-corrected chi connectivity index (χ1v) is 14.0. The van der Waals surface area contributed by atoms with Gasteiger partial charge in [-0.2, -0.15) is 8.42 Å². The standard InChI is InChI=1S/C24H25FN4O6S2/c25-16-2-1-13-3-4-34-23(18(13)7-16)15-6-21(36-11-15)22(31)19-9-27-12-28-24(19)29-17-5-14(20(30)8-17)10-35-37(26,32)33/h1-2,6-7,9,11-12,14,17,20,23,30H,3-5,8,10H2,(H2,26,32,33)(H,27,28,29)/t14-,17-,20+,23?/m1/s1. The van der Waals surface area contributed by atoms with Crippen LogP contribution in [0.5, 0.6) is 0 Å². The number of ketones is 1. The van der Waals surface area contributed by atoms with Crippen LogP contribution in [0.2, 0.25) is 0 Å². The number of nitrogens with zero attached hydrogens (tertiary/aromatic N) is 2. The summed E-state index contributed by atoms with van der Waals surface area (Å²) in [5.41, 5.74) is 2.80. The van der Waals surface area contributed by atoms with Crippen molar-refractivity contribution >= 4 is 33.2 Å². The highest BCUT2D eigenvalue weighted by atomic mass is 32.2. The molecule has 13 heteroatoms. The molecule has 1 fully saturated rings. The van der Waals surface area contributed by atoms with Gasteiger partial charge < -0.3 is 15.2 Å². The summed E-state index contributed by atoms with van der Waals surface area (Å²) in [4.78, 5) is 22.1. The zero-order valence-electron chi connectivity index (χ0n) is 19.5. The van der Waals surface area contributed by atoms with Crippen LogP contribution in [0.1, 0.15) is 50.9 Å². The maximum Gasteiger partial charge on any atom is 0.333 e. The zero-order chi connectivity index (χ0) is 26.2. The number of ether oxygens (including phenoxy) is 1. The lowest BCUT2D eigenvalue weighted by atomic mass is 9.94. The van der Waals surface area contributed by atoms with Gasteiger partial charge in [0, 0.05) is 18.2 Å². The Morgan fingerprint density at radius 1 is 1.32 bits per heavy atom. The summed E-state index contributed by atoms with van der Waals surface area (Å²) in [6, 6.07) is 6.15. The van der Waals surface area contributed by atoms with Crippen LogP contribution in [-0.2, 0) is 25.6 Å². The number of aromatic nitrogens is 2. The predicted molar refractivity (Wildman–Crippen MR) is 133 cm³/mol. The van der Waals surface area contributed by atoms with Crippen molar-refractivity contribution in [1.82, 2.24) is 9.97 Å². The average molecular weight is 549 g/mol. The van der Waals surface area contributed by atoms with Gasteiger partial charge in [-0.1, -0.05) is 6.07 Å². The zero-order valence-corrected chi connectivity index (χ0v) is 21.2. The molecule has 2 aromatic heterocycles. The molecule has 2 aliphatic rings. The lowest BCUT2D eigenvalue weighted by Crippen LogP contribution is -2.24. The number of hydrogen-bond donors (Lipinski definition) is 3. The number of aliphatic hydroxyl groups is 1. The molecule has 1 aliphatic carbocycles. The third kappa shape index (κ3) is 5.87. The summed E-state index contributed by atoms with van der Waals surface area (Å²) in [7, 11) is -4.11. The minimum atomic E-state index is -4.11. The molecule has 196 valence electrons. The van der Waals surface area contributed by atoms with E-state index in [0.717, 1.165) is 16.7 Å². The molecule has 0 radical (unpaired) electrons. The minimum Gasteiger partial charge on any atom is -0.393 e. The molecule has 0 spiro atoms. The predicted octanol–water partition coefficient (Wildman–Crippen LogP) is 2.34. The maximum atomic E-state index is 13.9. The third-order valence-corrected chi connectivity index (χ3v) is 8.01. The average Bonchev–Trinajstić information content (AvgIpc) is 3.48. The number of aliphatic hydroxyl groups excluding tert-OH is 1. The van der Waals surface area contributed by atoms with Crippen molar-refractivity contribution in [2.45, 2.75) is 37.5 Å². The molecule has 1 aliphatic heterocycles. The summed E-state index contributed by atoms with van der Waals surface area (Å²) in [6.07, 6.45) is 2.88. The fourth-order valence-corrected chi connectivity index (χ4v) is 6.06. The number of carbonyl (C=O) groups is 1. The Labute approximate surface area is 216 Å². The van der Waals surface area contributed by atoms with Crippen LogP contribution < -0.4 is 10.5 Å². The van der Waals surface area contributed by atoms with Crippen molar-refractivity contribution in [3.8, 4) is 0 Å². The first-order valence-electron chi connectivity index (χ1n) is 11.6. The second-order valence-corrected chi connectivity index (χ2v) is 11.3. The highest BCUT2D eigenvalue weighted by Gasteiger charge is 2.35. The Morgan fingerprint density at radius 2 is 2.16 bits per heavy atom. The normalized spacial score (nSPS) is 23.5. The molecule has 3 heterocycles. The van der Waals surface area contributed by atoms with Crippen molar-refractivity contribution in [3.63, 3.8) is 0 Å². The number of nitrogens with one attached hydrogen (secondary N) is 1. The lowest BCUT2D eigenvalue weighted by Gasteiger charge is -2.25. The number of rotatable bonds is 8. The molecule has 1 aromatic carbocycles. The molecule has 1 saturated carbocycles. The summed E-state index contributed by atoms with van der Waals surface area (Å²) in [5.74, 6) is -0.767. The van der Waals surface area contributed by atoms with Gasteiger partial charge in [0.05, 0.1) is 29.8 Å². The number of hydrogen-bond acceptors (Lipinski definition) is 10. The van der Waals surface area contributed by atoms with Crippen LogP contribution in [0.3, 0.4) is 0 Å². The topological polar surface area (TPSA) is 154 Å². The molecule has 3 aromatic rings. The van der Waals surface area contributed by atoms with Gasteiger partial charge in [0.25, 0.3) is 0 Å². The molecule has 0 bridgehead atoms. The minimum absolute atomic E-state index is 0.234. The molecule has 0 amide bonds. The maximum absolute atomic E-state index is 13.9. The van der Waals surface area contributed by atoms with Crippen LogP contribution in [0, 0.1) is 11.7 Å². The van der Waals surface area contributed by atoms with Crippen LogP contribution in [0.15, 0.2) is 42.2 Å². The number of benzene rings is 1. The Hall–Kier alpha value is -2.81. The van der Waals surface area contributed by atoms with E-state index in [4.69, 9.17) is 9.88 Å². The molecule has 0 saturated heterocycles. The van der Waals surface area contributed by atoms with E-state index in [1.54, 1.807) is 12.1 Å². The largest absolute Gasteiger partial charge is 0.393 e. The Morgan fingerprint density at radius 3 is 2.97 bits per heavy atom. The number of halogens is 1. The lowest BCUT2D eigenvalue weighted by molar-refractivity contribution is 0.0698. The molecule has 1 unspecified atom stereocenters. The quantitative estimate of drug-likeness (QED) is 0.360. The summed E-state index contributed by atoms with van der Waals surface area (Å²) in [5, 5.41) is 20.2. The van der Waals surface area contributed by atoms with Gasteiger partial charge in [-0.05, 0) is 59.5 Å². The molecule has 10 nitrogen and oxygen atoms in total. The summed E-state index contributed by atoms with van der Waals surface area (Å²) < 4.78 is 46.6. The molecule has 37 heavy (non-hydrogen) atoms. The van der Waals surface area contributed by atoms with Crippen molar-refractivity contribution in [2.24, 2.45) is 11.1 Å². The molecular weight excluding hydrogens is 523 g/mol. The first kappa shape index (κ1) is 25.8. The van der Waals surface area contributed by atoms with E-state index < -0.39 is 28.4 Å². The van der Waals surface area contributed by atoms with E-state index in [2.05, 4.69) is 19.5 Å². The Kier molecular flexibility index (Phi) is 7.34. The highest BCUT2D eigenvalue weighted by molar-refractivity contribution is 7.84.